The van der Waals surface area contributed by atoms with Crippen molar-refractivity contribution in [2.45, 2.75) is 83.5 Å². The molecule has 2 atom stereocenters. The number of ether oxygens (including phenoxy) is 2. The Morgan fingerprint density at radius 3 is 2.44 bits per heavy atom. The molecule has 0 bridgehead atoms. The summed E-state index contributed by atoms with van der Waals surface area (Å²) in [4.78, 5) is 0. The van der Waals surface area contributed by atoms with E-state index in [1.54, 1.807) is 0 Å². The summed E-state index contributed by atoms with van der Waals surface area (Å²) in [5.74, 6) is 0.681. The van der Waals surface area contributed by atoms with Gasteiger partial charge in [-0.25, -0.2) is 0 Å². The maximum absolute atomic E-state index is 6.21. The van der Waals surface area contributed by atoms with Gasteiger partial charge in [-0.15, -0.1) is 0 Å². The molecular formula is C16H28O2. The van der Waals surface area contributed by atoms with Gasteiger partial charge >= 0.3 is 0 Å². The highest BCUT2D eigenvalue weighted by molar-refractivity contribution is 4.85. The van der Waals surface area contributed by atoms with Crippen molar-refractivity contribution in [2.24, 2.45) is 11.3 Å². The Labute approximate surface area is 111 Å². The van der Waals surface area contributed by atoms with Gasteiger partial charge in [-0.2, -0.15) is 0 Å². The van der Waals surface area contributed by atoms with Crippen molar-refractivity contribution in [3.05, 3.63) is 0 Å². The molecule has 2 heteroatoms. The van der Waals surface area contributed by atoms with Crippen molar-refractivity contribution in [3.8, 4) is 0 Å². The molecule has 0 radical (unpaired) electrons. The van der Waals surface area contributed by atoms with Gasteiger partial charge in [0.15, 0.2) is 6.29 Å². The van der Waals surface area contributed by atoms with Crippen molar-refractivity contribution in [2.75, 3.05) is 6.61 Å². The maximum atomic E-state index is 6.21. The minimum Gasteiger partial charge on any atom is -0.350 e. The van der Waals surface area contributed by atoms with Gasteiger partial charge in [-0.05, 0) is 37.5 Å². The highest BCUT2D eigenvalue weighted by Gasteiger charge is 2.38. The summed E-state index contributed by atoms with van der Waals surface area (Å²) in [6, 6.07) is 0. The zero-order valence-electron chi connectivity index (χ0n) is 11.8. The quantitative estimate of drug-likeness (QED) is 0.746. The van der Waals surface area contributed by atoms with Crippen LogP contribution in [0.3, 0.4) is 0 Å². The second kappa shape index (κ2) is 5.50. The first kappa shape index (κ1) is 12.9. The second-order valence-corrected chi connectivity index (χ2v) is 7.08. The summed E-state index contributed by atoms with van der Waals surface area (Å²) in [5, 5.41) is 0. The molecule has 3 aliphatic rings. The fourth-order valence-corrected chi connectivity index (χ4v) is 4.21. The van der Waals surface area contributed by atoms with Crippen molar-refractivity contribution in [1.29, 1.82) is 0 Å². The number of hydrogen-bond donors (Lipinski definition) is 0. The van der Waals surface area contributed by atoms with Gasteiger partial charge in [0.2, 0.25) is 0 Å². The van der Waals surface area contributed by atoms with Gasteiger partial charge in [-0.3, -0.25) is 0 Å². The molecular weight excluding hydrogens is 224 g/mol. The lowest BCUT2D eigenvalue weighted by molar-refractivity contribution is -0.108. The van der Waals surface area contributed by atoms with Crippen LogP contribution in [0.25, 0.3) is 0 Å². The summed E-state index contributed by atoms with van der Waals surface area (Å²) < 4.78 is 12.1. The van der Waals surface area contributed by atoms with Crippen LogP contribution >= 0.6 is 0 Å². The van der Waals surface area contributed by atoms with Crippen LogP contribution in [0.15, 0.2) is 0 Å². The molecule has 2 nitrogen and oxygen atoms in total. The normalized spacial score (nSPS) is 37.2. The molecule has 3 rings (SSSR count). The number of rotatable bonds is 3. The fourth-order valence-electron chi connectivity index (χ4n) is 4.21. The minimum absolute atomic E-state index is 0.125. The van der Waals surface area contributed by atoms with E-state index in [9.17, 15) is 0 Å². The maximum Gasteiger partial charge on any atom is 0.160 e. The highest BCUT2D eigenvalue weighted by Crippen LogP contribution is 2.43. The molecule has 0 amide bonds. The Bertz CT molecular complexity index is 264. The summed E-state index contributed by atoms with van der Waals surface area (Å²) >= 11 is 0. The molecule has 0 aromatic heterocycles. The van der Waals surface area contributed by atoms with Crippen molar-refractivity contribution in [1.82, 2.24) is 0 Å². The van der Waals surface area contributed by atoms with E-state index in [2.05, 4.69) is 6.92 Å². The molecule has 2 saturated carbocycles. The van der Waals surface area contributed by atoms with Gasteiger partial charge < -0.3 is 9.47 Å². The van der Waals surface area contributed by atoms with Crippen molar-refractivity contribution >= 4 is 0 Å². The average molecular weight is 252 g/mol. The Balaban J connectivity index is 1.48. The average Bonchev–Trinajstić information content (AvgIpc) is 3.00. The van der Waals surface area contributed by atoms with Gasteiger partial charge in [0.1, 0.15) is 0 Å². The van der Waals surface area contributed by atoms with Crippen LogP contribution in [0.1, 0.15) is 71.1 Å². The summed E-state index contributed by atoms with van der Waals surface area (Å²) in [5.41, 5.74) is 0.537. The molecule has 0 spiro atoms. The fraction of sp³-hybridized carbons (Fsp3) is 1.00. The Morgan fingerprint density at radius 2 is 1.72 bits per heavy atom. The molecule has 2 aliphatic carbocycles. The van der Waals surface area contributed by atoms with Crippen LogP contribution in [0.5, 0.6) is 0 Å². The zero-order chi connectivity index (χ0) is 12.4. The van der Waals surface area contributed by atoms with E-state index in [1.807, 2.05) is 0 Å². The molecule has 0 aromatic carbocycles. The lowest BCUT2D eigenvalue weighted by Gasteiger charge is -2.28. The van der Waals surface area contributed by atoms with E-state index in [-0.39, 0.29) is 6.29 Å². The molecule has 1 aliphatic heterocycles. The SMILES string of the molecule is CC1(CC2COC(C3CCCCC3)O2)CCCC1. The third kappa shape index (κ3) is 2.91. The molecule has 3 fully saturated rings. The molecule has 18 heavy (non-hydrogen) atoms. The van der Waals surface area contributed by atoms with Crippen molar-refractivity contribution < 1.29 is 9.47 Å². The topological polar surface area (TPSA) is 18.5 Å². The van der Waals surface area contributed by atoms with E-state index in [0.29, 0.717) is 17.4 Å². The van der Waals surface area contributed by atoms with E-state index in [0.717, 1.165) is 6.61 Å². The lowest BCUT2D eigenvalue weighted by atomic mass is 9.83. The first-order valence-electron chi connectivity index (χ1n) is 8.02. The van der Waals surface area contributed by atoms with Crippen LogP contribution in [-0.2, 0) is 9.47 Å². The minimum atomic E-state index is 0.125. The van der Waals surface area contributed by atoms with Crippen molar-refractivity contribution in [3.63, 3.8) is 0 Å². The standard InChI is InChI=1S/C16H28O2/c1-16(9-5-6-10-16)11-14-12-17-15(18-14)13-7-3-2-4-8-13/h13-15H,2-12H2,1H3. The molecule has 1 heterocycles. The highest BCUT2D eigenvalue weighted by atomic mass is 16.7. The lowest BCUT2D eigenvalue weighted by Crippen LogP contribution is -2.26. The molecule has 1 saturated heterocycles. The molecule has 0 N–H and O–H groups in total. The third-order valence-electron chi connectivity index (χ3n) is 5.34. The van der Waals surface area contributed by atoms with Gasteiger partial charge in [0.05, 0.1) is 12.7 Å². The predicted octanol–water partition coefficient (Wildman–Crippen LogP) is 4.28. The second-order valence-electron chi connectivity index (χ2n) is 7.08. The Hall–Kier alpha value is -0.0800. The Morgan fingerprint density at radius 1 is 1.00 bits per heavy atom. The summed E-state index contributed by atoms with van der Waals surface area (Å²) in [7, 11) is 0. The third-order valence-corrected chi connectivity index (χ3v) is 5.34. The summed E-state index contributed by atoms with van der Waals surface area (Å²) in [6.45, 7) is 3.29. The van der Waals surface area contributed by atoms with Crippen LogP contribution in [-0.4, -0.2) is 19.0 Å². The van der Waals surface area contributed by atoms with Crippen LogP contribution in [0.2, 0.25) is 0 Å². The van der Waals surface area contributed by atoms with Gasteiger partial charge in [0, 0.05) is 5.92 Å². The largest absolute Gasteiger partial charge is 0.350 e. The van der Waals surface area contributed by atoms with Gasteiger partial charge in [0.25, 0.3) is 0 Å². The molecule has 2 unspecified atom stereocenters. The zero-order valence-corrected chi connectivity index (χ0v) is 11.8. The first-order valence-corrected chi connectivity index (χ1v) is 8.02. The van der Waals surface area contributed by atoms with E-state index in [4.69, 9.17) is 9.47 Å². The van der Waals surface area contributed by atoms with Crippen LogP contribution < -0.4 is 0 Å². The van der Waals surface area contributed by atoms with E-state index < -0.39 is 0 Å². The van der Waals surface area contributed by atoms with Crippen LogP contribution in [0, 0.1) is 11.3 Å². The monoisotopic (exact) mass is 252 g/mol. The van der Waals surface area contributed by atoms with E-state index >= 15 is 0 Å². The van der Waals surface area contributed by atoms with Crippen LogP contribution in [0.4, 0.5) is 0 Å². The number of hydrogen-bond acceptors (Lipinski definition) is 2. The molecule has 0 aromatic rings. The smallest absolute Gasteiger partial charge is 0.160 e. The van der Waals surface area contributed by atoms with Gasteiger partial charge in [-0.1, -0.05) is 39.0 Å². The predicted molar refractivity (Wildman–Crippen MR) is 72.4 cm³/mol. The summed E-state index contributed by atoms with van der Waals surface area (Å²) in [6.07, 6.45) is 14.1. The molecule has 104 valence electrons. The first-order chi connectivity index (χ1) is 8.75. The van der Waals surface area contributed by atoms with E-state index in [1.165, 1.54) is 64.2 Å². The Kier molecular flexibility index (Phi) is 3.95.